The number of carbonyl (C=O) groups excluding carboxylic acids is 1. The van der Waals surface area contributed by atoms with Gasteiger partial charge in [-0.25, -0.2) is 0 Å². The maximum atomic E-state index is 13.3. The Labute approximate surface area is 165 Å². The van der Waals surface area contributed by atoms with Crippen molar-refractivity contribution >= 4 is 16.7 Å². The summed E-state index contributed by atoms with van der Waals surface area (Å²) in [6.45, 7) is 5.43. The highest BCUT2D eigenvalue weighted by Crippen LogP contribution is 2.30. The average molecular weight is 375 g/mol. The largest absolute Gasteiger partial charge is 0.491 e. The second kappa shape index (κ2) is 7.64. The molecule has 3 aromatic rings. The number of nitrogens with zero attached hydrogens (tertiary/aromatic N) is 1. The summed E-state index contributed by atoms with van der Waals surface area (Å²) < 4.78 is 5.87. The minimum atomic E-state index is -0.532. The van der Waals surface area contributed by atoms with E-state index in [0.29, 0.717) is 25.3 Å². The first-order valence-electron chi connectivity index (χ1n) is 9.75. The molecule has 0 saturated carbocycles. The number of benzene rings is 3. The summed E-state index contributed by atoms with van der Waals surface area (Å²) in [5.41, 5.74) is 2.50. The third-order valence-electron chi connectivity index (χ3n) is 5.34. The molecule has 3 aromatic carbocycles. The van der Waals surface area contributed by atoms with Gasteiger partial charge in [0, 0.05) is 17.7 Å². The highest BCUT2D eigenvalue weighted by molar-refractivity contribution is 6.07. The first kappa shape index (κ1) is 18.5. The normalized spacial score (nSPS) is 15.1. The molecule has 1 amide bonds. The van der Waals surface area contributed by atoms with Gasteiger partial charge in [-0.15, -0.1) is 0 Å². The first-order valence-corrected chi connectivity index (χ1v) is 9.75. The first-order chi connectivity index (χ1) is 13.5. The topological polar surface area (TPSA) is 49.8 Å². The monoisotopic (exact) mass is 375 g/mol. The van der Waals surface area contributed by atoms with E-state index in [2.05, 4.69) is 0 Å². The van der Waals surface area contributed by atoms with E-state index in [1.165, 1.54) is 0 Å². The number of aliphatic hydroxyl groups is 1. The van der Waals surface area contributed by atoms with E-state index < -0.39 is 6.10 Å². The number of aliphatic hydroxyl groups excluding tert-OH is 1. The second-order valence-electron chi connectivity index (χ2n) is 7.66. The van der Waals surface area contributed by atoms with Crippen molar-refractivity contribution in [3.8, 4) is 5.75 Å². The molecule has 0 fully saturated rings. The van der Waals surface area contributed by atoms with Gasteiger partial charge in [-0.3, -0.25) is 4.79 Å². The number of amides is 1. The number of hydrogen-bond acceptors (Lipinski definition) is 3. The molecule has 0 aromatic heterocycles. The van der Waals surface area contributed by atoms with Crippen LogP contribution >= 0.6 is 0 Å². The molecule has 144 valence electrons. The van der Waals surface area contributed by atoms with Gasteiger partial charge in [0.15, 0.2) is 0 Å². The highest BCUT2D eigenvalue weighted by Gasteiger charge is 2.23. The molecule has 0 bridgehead atoms. The van der Waals surface area contributed by atoms with Crippen molar-refractivity contribution in [3.05, 3.63) is 77.4 Å². The Morgan fingerprint density at radius 1 is 1.07 bits per heavy atom. The van der Waals surface area contributed by atoms with Crippen LogP contribution in [0.2, 0.25) is 0 Å². The molecule has 4 rings (SSSR count). The van der Waals surface area contributed by atoms with E-state index in [9.17, 15) is 9.90 Å². The van der Waals surface area contributed by atoms with Crippen molar-refractivity contribution < 1.29 is 14.6 Å². The van der Waals surface area contributed by atoms with Gasteiger partial charge in [0.2, 0.25) is 0 Å². The minimum Gasteiger partial charge on any atom is -0.491 e. The van der Waals surface area contributed by atoms with Crippen LogP contribution in [0.5, 0.6) is 5.75 Å². The van der Waals surface area contributed by atoms with Gasteiger partial charge in [0.05, 0.1) is 12.6 Å². The van der Waals surface area contributed by atoms with Crippen molar-refractivity contribution in [2.75, 3.05) is 13.2 Å². The highest BCUT2D eigenvalue weighted by atomic mass is 16.5. The lowest BCUT2D eigenvalue weighted by molar-refractivity contribution is 0.0735. The lowest BCUT2D eigenvalue weighted by atomic mass is 9.97. The third-order valence-corrected chi connectivity index (χ3v) is 5.34. The predicted octanol–water partition coefficient (Wildman–Crippen LogP) is 4.56. The molecule has 1 N–H and O–H groups in total. The lowest BCUT2D eigenvalue weighted by Crippen LogP contribution is -2.32. The molecular weight excluding hydrogens is 350 g/mol. The molecule has 0 unspecified atom stereocenters. The summed E-state index contributed by atoms with van der Waals surface area (Å²) in [7, 11) is 0. The molecule has 0 aliphatic carbocycles. The minimum absolute atomic E-state index is 0.00283. The predicted molar refractivity (Wildman–Crippen MR) is 110 cm³/mol. The van der Waals surface area contributed by atoms with Crippen molar-refractivity contribution in [3.63, 3.8) is 0 Å². The van der Waals surface area contributed by atoms with Gasteiger partial charge in [0.25, 0.3) is 5.91 Å². The van der Waals surface area contributed by atoms with Gasteiger partial charge in [-0.1, -0.05) is 56.3 Å². The zero-order valence-electron chi connectivity index (χ0n) is 16.3. The number of fused-ring (bicyclic) bond motifs is 2. The SMILES string of the molecule is CC(C)[C@H](O)c1ccc2c(c1)CN(C(=O)c1cccc3ccccc13)CCO2. The molecule has 1 heterocycles. The van der Waals surface area contributed by atoms with Crippen molar-refractivity contribution in [1.29, 1.82) is 0 Å². The summed E-state index contributed by atoms with van der Waals surface area (Å²) >= 11 is 0. The molecule has 1 atom stereocenters. The van der Waals surface area contributed by atoms with E-state index in [0.717, 1.165) is 27.6 Å². The van der Waals surface area contributed by atoms with Crippen molar-refractivity contribution in [1.82, 2.24) is 4.90 Å². The van der Waals surface area contributed by atoms with Crippen molar-refractivity contribution in [2.45, 2.75) is 26.5 Å². The molecule has 0 spiro atoms. The number of rotatable bonds is 3. The molecule has 1 aliphatic rings. The van der Waals surface area contributed by atoms with Crippen molar-refractivity contribution in [2.24, 2.45) is 5.92 Å². The lowest BCUT2D eigenvalue weighted by Gasteiger charge is -2.21. The maximum absolute atomic E-state index is 13.3. The second-order valence-corrected chi connectivity index (χ2v) is 7.66. The van der Waals surface area contributed by atoms with E-state index in [1.54, 1.807) is 0 Å². The maximum Gasteiger partial charge on any atom is 0.254 e. The average Bonchev–Trinajstić information content (AvgIpc) is 2.94. The summed E-state index contributed by atoms with van der Waals surface area (Å²) in [6.07, 6.45) is -0.532. The summed E-state index contributed by atoms with van der Waals surface area (Å²) in [6, 6.07) is 19.6. The Bertz CT molecular complexity index is 1010. The van der Waals surface area contributed by atoms with Crippen LogP contribution in [-0.4, -0.2) is 29.1 Å². The van der Waals surface area contributed by atoms with Crippen LogP contribution in [0.25, 0.3) is 10.8 Å². The Balaban J connectivity index is 1.67. The number of carbonyl (C=O) groups is 1. The fourth-order valence-corrected chi connectivity index (χ4v) is 3.74. The van der Waals surface area contributed by atoms with Crippen LogP contribution in [-0.2, 0) is 6.54 Å². The zero-order valence-corrected chi connectivity index (χ0v) is 16.3. The molecule has 28 heavy (non-hydrogen) atoms. The number of ether oxygens (including phenoxy) is 1. The van der Waals surface area contributed by atoms with Crippen LogP contribution in [0, 0.1) is 5.92 Å². The fraction of sp³-hybridized carbons (Fsp3) is 0.292. The van der Waals surface area contributed by atoms with E-state index >= 15 is 0 Å². The van der Waals surface area contributed by atoms with Gasteiger partial charge in [-0.05, 0) is 40.5 Å². The number of hydrogen-bond donors (Lipinski definition) is 1. The molecular formula is C24H25NO3. The standard InChI is InChI=1S/C24H25NO3/c1-16(2)23(26)18-10-11-22-19(14-18)15-25(12-13-28-22)24(27)21-9-5-7-17-6-3-4-8-20(17)21/h3-11,14,16,23,26H,12-13,15H2,1-2H3/t23-/m0/s1. The molecule has 1 aliphatic heterocycles. The van der Waals surface area contributed by atoms with E-state index in [1.807, 2.05) is 79.4 Å². The zero-order chi connectivity index (χ0) is 19.7. The van der Waals surface area contributed by atoms with E-state index in [-0.39, 0.29) is 11.8 Å². The molecule has 0 saturated heterocycles. The van der Waals surface area contributed by atoms with Crippen LogP contribution in [0.3, 0.4) is 0 Å². The van der Waals surface area contributed by atoms with Crippen LogP contribution < -0.4 is 4.74 Å². The Morgan fingerprint density at radius 2 is 1.86 bits per heavy atom. The molecule has 4 heteroatoms. The van der Waals surface area contributed by atoms with Crippen LogP contribution in [0.1, 0.15) is 41.4 Å². The summed E-state index contributed by atoms with van der Waals surface area (Å²) in [4.78, 5) is 15.2. The van der Waals surface area contributed by atoms with Gasteiger partial charge >= 0.3 is 0 Å². The Morgan fingerprint density at radius 3 is 2.68 bits per heavy atom. The van der Waals surface area contributed by atoms with Crippen LogP contribution in [0.15, 0.2) is 60.7 Å². The summed E-state index contributed by atoms with van der Waals surface area (Å²) in [5.74, 6) is 0.911. The Hall–Kier alpha value is -2.85. The Kier molecular flexibility index (Phi) is 5.05. The van der Waals surface area contributed by atoms with Gasteiger partial charge in [0.1, 0.15) is 12.4 Å². The van der Waals surface area contributed by atoms with Crippen LogP contribution in [0.4, 0.5) is 0 Å². The van der Waals surface area contributed by atoms with Gasteiger partial charge in [-0.2, -0.15) is 0 Å². The molecule has 0 radical (unpaired) electrons. The third kappa shape index (κ3) is 3.48. The quantitative estimate of drug-likeness (QED) is 0.730. The van der Waals surface area contributed by atoms with E-state index in [4.69, 9.17) is 4.74 Å². The summed E-state index contributed by atoms with van der Waals surface area (Å²) in [5, 5.41) is 12.4. The fourth-order valence-electron chi connectivity index (χ4n) is 3.74. The van der Waals surface area contributed by atoms with Gasteiger partial charge < -0.3 is 14.7 Å². The smallest absolute Gasteiger partial charge is 0.254 e. The molecule has 4 nitrogen and oxygen atoms in total.